The summed E-state index contributed by atoms with van der Waals surface area (Å²) in [4.78, 5) is 140. The van der Waals surface area contributed by atoms with Crippen molar-refractivity contribution in [2.45, 2.75) is 201 Å². The van der Waals surface area contributed by atoms with Crippen LogP contribution < -0.4 is 77.8 Å². The molecule has 6 heterocycles. The van der Waals surface area contributed by atoms with Crippen LogP contribution in [0.3, 0.4) is 0 Å². The fourth-order valence-electron chi connectivity index (χ4n) is 18.8. The number of benzene rings is 6. The van der Waals surface area contributed by atoms with Gasteiger partial charge in [0.1, 0.15) is 102 Å². The molecule has 5 aliphatic carbocycles. The van der Waals surface area contributed by atoms with Gasteiger partial charge in [0, 0.05) is 54.3 Å². The van der Waals surface area contributed by atoms with Crippen LogP contribution in [0.2, 0.25) is 5.02 Å². The van der Waals surface area contributed by atoms with Crippen molar-refractivity contribution in [3.05, 3.63) is 147 Å². The molecule has 18 atom stereocenters. The van der Waals surface area contributed by atoms with E-state index in [2.05, 4.69) is 53.2 Å². The Morgan fingerprint density at radius 1 is 0.661 bits per heavy atom. The van der Waals surface area contributed by atoms with Gasteiger partial charge in [0.25, 0.3) is 11.8 Å². The van der Waals surface area contributed by atoms with Crippen molar-refractivity contribution in [2.24, 2.45) is 41.2 Å². The van der Waals surface area contributed by atoms with Gasteiger partial charge >= 0.3 is 0 Å². The number of carbonyl (C=O) groups excluding carboxylic acids is 9. The number of phenols is 3. The van der Waals surface area contributed by atoms with Gasteiger partial charge in [0.05, 0.1) is 35.8 Å². The summed E-state index contributed by atoms with van der Waals surface area (Å²) in [6, 6.07) is 6.48. The lowest BCUT2D eigenvalue weighted by Gasteiger charge is -2.54. The van der Waals surface area contributed by atoms with E-state index >= 15 is 33.6 Å². The Morgan fingerprint density at radius 2 is 1.30 bits per heavy atom. The SMILES string of the molecule is CNCCOc1ccc(CC(=O)NC(=O)C2NC(=O)[C@H](NC(=O)[C@@H](CC(C)C)NC)[C@H](O)c3ccc(c(C)c3)Oc3cc4cc(c3O[C@@H]3C[C@H](CO)[C@@H](O)[C@H](O)[C@H]3O[C@H]3C[C@](C)(N)[C@H](O)[C@H](C)O3)Oc3ccc(cc3Cl)[C@@H](O)[C@@H]3NC(=O)[C@H](NC(=O)[C@@H]4NC2=O)c2ccc(O)c(c2)-c2c(O)cc(O)cc2[C@@H](C(=O)NC2C4CC5CC(C4)CC2C5)NC3=O)cc1. The number of halogens is 1. The maximum absolute atomic E-state index is 16.7. The number of likely N-dealkylation sites (N-methyl/N-ethyl adjacent to an activating group) is 2. The van der Waals surface area contributed by atoms with E-state index in [0.29, 0.717) is 36.3 Å². The van der Waals surface area contributed by atoms with Crippen LogP contribution in [0.5, 0.6) is 51.7 Å². The minimum Gasteiger partial charge on any atom is -0.508 e. The lowest BCUT2D eigenvalue weighted by Crippen LogP contribution is -2.63. The molecule has 0 radical (unpaired) electrons. The number of nitrogens with one attached hydrogen (secondary N) is 10. The van der Waals surface area contributed by atoms with Crippen LogP contribution >= 0.6 is 11.6 Å². The number of hydrogen-bond acceptors (Lipinski definition) is 27. The van der Waals surface area contributed by atoms with Crippen molar-refractivity contribution >= 4 is 64.8 Å². The lowest BCUT2D eigenvalue weighted by atomic mass is 9.54. The zero-order chi connectivity index (χ0) is 88.8. The minimum absolute atomic E-state index is 0.0613. The fraction of sp³-hybridized carbons (Fsp3) is 0.489. The molecular weight excluding hydrogens is 1630 g/mol. The summed E-state index contributed by atoms with van der Waals surface area (Å²) in [5.41, 5.74) is 3.71. The highest BCUT2D eigenvalue weighted by atomic mass is 35.5. The molecule has 15 bridgehead atoms. The Bertz CT molecular complexity index is 5050. The summed E-state index contributed by atoms with van der Waals surface area (Å²) in [7, 11) is 3.23. The van der Waals surface area contributed by atoms with Crippen LogP contribution in [0.4, 0.5) is 0 Å². The van der Waals surface area contributed by atoms with Crippen molar-refractivity contribution in [3.8, 4) is 62.9 Å². The van der Waals surface area contributed by atoms with E-state index in [-0.39, 0.29) is 98.5 Å². The number of hydrogen-bond donors (Lipinski definition) is 20. The molecule has 6 aromatic carbocycles. The molecule has 0 aromatic heterocycles. The first-order chi connectivity index (χ1) is 59.0. The van der Waals surface area contributed by atoms with Crippen LogP contribution in [0.25, 0.3) is 11.1 Å². The standard InChI is InChI=1S/C88H106ClN11O24/c1-37(2)20-55(92-7)80(111)98-70-73(106)44-11-16-58(38(3)21-44)121-60-30-48-31-61(77(60)123-62-32-49(36-101)75(108)76(109)78(62)124-64-35-88(5,90)79(110)39(4)120-64)122-59-17-12-45(29-54(59)89)74(107)71-84(115)97-69(83(114)94-66-46-23-41-22-42(25-46)26-47(66)24-41)53-33-50(102)34-57(104)65(53)52-28-43(10-15-56(52)103)67(81(112)99-71)95-82(113)68(48)96-87(118)72(100-85(70)116)86(117)93-63(105)27-40-8-13-51(14-9-40)119-19-18-91-6/h8-17,21,28-31,33-34,37,39,41-42,46-47,49,55,62,64,66-76,78-79,91-92,101-104,106-110H,18-20,22-27,32,35-36,90H2,1-7H3,(H,94,114)(H,95,113)(H,96,118)(H,97,115)(H,98,111)(H,99,112)(H,100,116)(H,93,105,117)/t39-,41?,42?,46?,47?,49+,55+,62+,64-,66?,67+,68+,69-,70+,71-,72?,73+,74+,75+,76-,78-,79+,88-/m0/s1. The predicted molar refractivity (Wildman–Crippen MR) is 442 cm³/mol. The second kappa shape index (κ2) is 37.2. The Balaban J connectivity index is 0.965. The average Bonchev–Trinajstić information content (AvgIpc) is 0.755. The molecule has 664 valence electrons. The Hall–Kier alpha value is -10.8. The monoisotopic (exact) mass is 1740 g/mol. The highest BCUT2D eigenvalue weighted by Crippen LogP contribution is 2.55. The van der Waals surface area contributed by atoms with Gasteiger partial charge in [-0.15, -0.1) is 0 Å². The number of nitrogens with two attached hydrogens (primary N) is 1. The Kier molecular flexibility index (Phi) is 26.8. The van der Waals surface area contributed by atoms with Gasteiger partial charge in [-0.2, -0.15) is 0 Å². The Labute approximate surface area is 718 Å². The van der Waals surface area contributed by atoms with Crippen molar-refractivity contribution in [1.82, 2.24) is 53.2 Å². The van der Waals surface area contributed by atoms with E-state index in [1.54, 1.807) is 26.1 Å². The molecule has 36 heteroatoms. The third kappa shape index (κ3) is 19.1. The summed E-state index contributed by atoms with van der Waals surface area (Å²) in [6.07, 6.45) is -11.1. The molecule has 17 rings (SSSR count). The zero-order valence-electron chi connectivity index (χ0n) is 69.2. The lowest BCUT2D eigenvalue weighted by molar-refractivity contribution is -0.286. The zero-order valence-corrected chi connectivity index (χ0v) is 69.9. The first-order valence-electron chi connectivity index (χ1n) is 41.7. The molecule has 0 spiro atoms. The molecule has 1 unspecified atom stereocenters. The number of carbonyl (C=O) groups is 9. The topological polar surface area (TPSA) is 537 Å². The van der Waals surface area contributed by atoms with Crippen LogP contribution in [-0.4, -0.2) is 212 Å². The van der Waals surface area contributed by atoms with Crippen LogP contribution in [0.1, 0.15) is 148 Å². The molecule has 11 aliphatic rings. The highest BCUT2D eigenvalue weighted by molar-refractivity contribution is 6.32. The number of aliphatic hydroxyl groups is 6. The molecule has 6 fully saturated rings. The van der Waals surface area contributed by atoms with Gasteiger partial charge in [0.2, 0.25) is 47.1 Å². The van der Waals surface area contributed by atoms with Gasteiger partial charge in [0.15, 0.2) is 23.8 Å². The van der Waals surface area contributed by atoms with E-state index < -0.39 is 215 Å². The number of aromatic hydroxyl groups is 3. The van der Waals surface area contributed by atoms with E-state index in [9.17, 15) is 55.5 Å². The summed E-state index contributed by atoms with van der Waals surface area (Å²) in [5, 5.41) is 134. The quantitative estimate of drug-likeness (QED) is 0.0409. The second-order valence-corrected chi connectivity index (χ2v) is 35.0. The number of imide groups is 1. The van der Waals surface area contributed by atoms with E-state index in [1.807, 2.05) is 13.8 Å². The first-order valence-corrected chi connectivity index (χ1v) is 42.0. The second-order valence-electron chi connectivity index (χ2n) is 34.6. The van der Waals surface area contributed by atoms with Crippen LogP contribution in [-0.2, 0) is 59.0 Å². The summed E-state index contributed by atoms with van der Waals surface area (Å²) in [5.74, 6) is -15.2. The molecule has 9 amide bonds. The number of aryl methyl sites for hydroxylation is 1. The smallest absolute Gasteiger partial charge is 0.258 e. The van der Waals surface area contributed by atoms with Crippen molar-refractivity contribution in [2.75, 3.05) is 33.9 Å². The van der Waals surface area contributed by atoms with Gasteiger partial charge in [-0.3, -0.25) is 48.5 Å². The molecule has 6 aromatic rings. The van der Waals surface area contributed by atoms with Gasteiger partial charge in [-0.05, 0) is 215 Å². The molecule has 124 heavy (non-hydrogen) atoms. The fourth-order valence-corrected chi connectivity index (χ4v) is 19.0. The van der Waals surface area contributed by atoms with Crippen molar-refractivity contribution in [1.29, 1.82) is 0 Å². The summed E-state index contributed by atoms with van der Waals surface area (Å²) >= 11 is 7.32. The van der Waals surface area contributed by atoms with Crippen LogP contribution in [0.15, 0.2) is 103 Å². The number of phenolic OH excluding ortho intramolecular Hbond substituents is 3. The normalized spacial score (nSPS) is 30.5. The molecule has 35 nitrogen and oxygen atoms in total. The number of amides is 9. The minimum atomic E-state index is -2.68. The molecular formula is C88H106ClN11O24. The first kappa shape index (κ1) is 89.5. The number of aliphatic hydroxyl groups excluding tert-OH is 6. The van der Waals surface area contributed by atoms with Crippen molar-refractivity contribution in [3.63, 3.8) is 0 Å². The number of fused-ring (bicyclic) bond motifs is 15. The largest absolute Gasteiger partial charge is 0.508 e. The maximum Gasteiger partial charge on any atom is 0.258 e. The number of rotatable bonds is 19. The third-order valence-electron chi connectivity index (χ3n) is 25.0. The molecule has 6 aliphatic heterocycles. The van der Waals surface area contributed by atoms with Gasteiger partial charge in [-0.1, -0.05) is 55.8 Å². The third-order valence-corrected chi connectivity index (χ3v) is 25.3. The summed E-state index contributed by atoms with van der Waals surface area (Å²) < 4.78 is 39.3. The molecule has 1 saturated heterocycles. The predicted octanol–water partition coefficient (Wildman–Crippen LogP) is 2.89. The van der Waals surface area contributed by atoms with Crippen LogP contribution in [0, 0.1) is 42.4 Å². The van der Waals surface area contributed by atoms with E-state index in [4.69, 9.17) is 45.8 Å². The van der Waals surface area contributed by atoms with E-state index in [0.717, 1.165) is 80.6 Å². The Morgan fingerprint density at radius 3 is 1.94 bits per heavy atom. The summed E-state index contributed by atoms with van der Waals surface area (Å²) in [6.45, 7) is 8.32. The van der Waals surface area contributed by atoms with E-state index in [1.165, 1.54) is 63.4 Å². The van der Waals surface area contributed by atoms with Crippen molar-refractivity contribution < 1.29 is 118 Å². The molecule has 5 saturated carbocycles. The number of ether oxygens (including phenoxy) is 6. The highest BCUT2D eigenvalue weighted by Gasteiger charge is 2.53. The maximum atomic E-state index is 16.7. The average molecular weight is 1740 g/mol. The molecule has 21 N–H and O–H groups in total. The van der Waals surface area contributed by atoms with Gasteiger partial charge in [-0.25, -0.2) is 0 Å². The van der Waals surface area contributed by atoms with Gasteiger partial charge < -0.3 is 128 Å².